The van der Waals surface area contributed by atoms with Gasteiger partial charge in [0, 0.05) is 24.3 Å². The third kappa shape index (κ3) is 8.12. The summed E-state index contributed by atoms with van der Waals surface area (Å²) in [6.07, 6.45) is 5.79. The maximum atomic E-state index is 12.2. The fourth-order valence-electron chi connectivity index (χ4n) is 3.14. The molecular weight excluding hydrogens is 471 g/mol. The van der Waals surface area contributed by atoms with Crippen LogP contribution in [0.4, 0.5) is 5.69 Å². The number of methoxy groups -OCH3 is 1. The number of nitrogens with zero attached hydrogens (tertiary/aromatic N) is 1. The van der Waals surface area contributed by atoms with Gasteiger partial charge in [0.1, 0.15) is 6.54 Å². The van der Waals surface area contributed by atoms with Crippen LogP contribution in [0.25, 0.3) is 0 Å². The van der Waals surface area contributed by atoms with Crippen LogP contribution in [0.5, 0.6) is 11.5 Å². The van der Waals surface area contributed by atoms with Gasteiger partial charge in [-0.05, 0) is 38.8 Å². The minimum Gasteiger partial charge on any atom is -0.493 e. The van der Waals surface area contributed by atoms with Gasteiger partial charge in [-0.25, -0.2) is 4.99 Å². The quantitative estimate of drug-likeness (QED) is 0.287. The molecule has 0 heterocycles. The van der Waals surface area contributed by atoms with E-state index >= 15 is 0 Å². The normalized spacial score (nSPS) is 14.6. The van der Waals surface area contributed by atoms with Crippen LogP contribution in [0.3, 0.4) is 0 Å². The van der Waals surface area contributed by atoms with E-state index in [-0.39, 0.29) is 36.4 Å². The number of carbonyl (C=O) groups is 1. The summed E-state index contributed by atoms with van der Waals surface area (Å²) in [6, 6.07) is 5.88. The number of benzene rings is 1. The Kier molecular flexibility index (Phi) is 11.7. The number of halogens is 1. The molecule has 8 heteroatoms. The summed E-state index contributed by atoms with van der Waals surface area (Å²) in [5.74, 6) is 1.86. The highest BCUT2D eigenvalue weighted by Crippen LogP contribution is 2.30. The molecule has 0 radical (unpaired) electrons. The molecule has 1 saturated carbocycles. The summed E-state index contributed by atoms with van der Waals surface area (Å²) in [5, 5.41) is 9.45. The number of amides is 1. The first-order chi connectivity index (χ1) is 13.2. The van der Waals surface area contributed by atoms with Crippen LogP contribution in [0.2, 0.25) is 0 Å². The molecule has 3 N–H and O–H groups in total. The average Bonchev–Trinajstić information content (AvgIpc) is 2.68. The minimum absolute atomic E-state index is 0. The van der Waals surface area contributed by atoms with Crippen molar-refractivity contribution in [2.24, 2.45) is 4.99 Å². The SMILES string of the molecule is CCNC(=NCC(=O)NC1CCCCC1)Nc1ccc(OC)c(OCC)c1.I. The van der Waals surface area contributed by atoms with Crippen LogP contribution in [0, 0.1) is 0 Å². The highest BCUT2D eigenvalue weighted by atomic mass is 127. The molecule has 1 aromatic carbocycles. The van der Waals surface area contributed by atoms with Crippen molar-refractivity contribution in [2.75, 3.05) is 32.1 Å². The van der Waals surface area contributed by atoms with Gasteiger partial charge in [-0.3, -0.25) is 4.79 Å². The lowest BCUT2D eigenvalue weighted by Crippen LogP contribution is -2.38. The third-order valence-electron chi connectivity index (χ3n) is 4.42. The Hall–Kier alpha value is -1.71. The Labute approximate surface area is 185 Å². The molecule has 0 aromatic heterocycles. The van der Waals surface area contributed by atoms with Gasteiger partial charge in [0.2, 0.25) is 5.91 Å². The zero-order chi connectivity index (χ0) is 19.5. The molecule has 28 heavy (non-hydrogen) atoms. The van der Waals surface area contributed by atoms with Gasteiger partial charge in [0.05, 0.1) is 13.7 Å². The van der Waals surface area contributed by atoms with Crippen molar-refractivity contribution in [2.45, 2.75) is 52.0 Å². The first-order valence-corrected chi connectivity index (χ1v) is 9.81. The molecule has 158 valence electrons. The number of anilines is 1. The fourth-order valence-corrected chi connectivity index (χ4v) is 3.14. The Morgan fingerprint density at radius 1 is 1.18 bits per heavy atom. The molecule has 7 nitrogen and oxygen atoms in total. The maximum absolute atomic E-state index is 12.2. The van der Waals surface area contributed by atoms with Crippen LogP contribution in [0.15, 0.2) is 23.2 Å². The third-order valence-corrected chi connectivity index (χ3v) is 4.42. The largest absolute Gasteiger partial charge is 0.493 e. The van der Waals surface area contributed by atoms with E-state index in [1.807, 2.05) is 32.0 Å². The summed E-state index contributed by atoms with van der Waals surface area (Å²) >= 11 is 0. The number of rotatable bonds is 8. The molecule has 1 aliphatic rings. The van der Waals surface area contributed by atoms with Crippen LogP contribution in [0.1, 0.15) is 46.0 Å². The summed E-state index contributed by atoms with van der Waals surface area (Å²) in [6.45, 7) is 5.26. The van der Waals surface area contributed by atoms with Crippen LogP contribution < -0.4 is 25.4 Å². The Morgan fingerprint density at radius 2 is 1.93 bits per heavy atom. The number of guanidine groups is 1. The fraction of sp³-hybridized carbons (Fsp3) is 0.600. The topological polar surface area (TPSA) is 84.0 Å². The molecule has 0 bridgehead atoms. The summed E-state index contributed by atoms with van der Waals surface area (Å²) in [4.78, 5) is 16.6. The molecule has 1 aliphatic carbocycles. The second kappa shape index (κ2) is 13.5. The number of carbonyl (C=O) groups excluding carboxylic acids is 1. The molecule has 0 unspecified atom stereocenters. The van der Waals surface area contributed by atoms with Gasteiger partial charge in [-0.15, -0.1) is 24.0 Å². The van der Waals surface area contributed by atoms with Crippen molar-refractivity contribution < 1.29 is 14.3 Å². The number of hydrogen-bond donors (Lipinski definition) is 3. The summed E-state index contributed by atoms with van der Waals surface area (Å²) in [5.41, 5.74) is 0.812. The van der Waals surface area contributed by atoms with Crippen molar-refractivity contribution >= 4 is 41.5 Å². The molecule has 1 aromatic rings. The van der Waals surface area contributed by atoms with Gasteiger partial charge in [-0.1, -0.05) is 19.3 Å². The Balaban J connectivity index is 0.00000392. The Morgan fingerprint density at radius 3 is 2.57 bits per heavy atom. The number of nitrogens with one attached hydrogen (secondary N) is 3. The van der Waals surface area contributed by atoms with Crippen molar-refractivity contribution in [1.29, 1.82) is 0 Å². The van der Waals surface area contributed by atoms with E-state index in [2.05, 4.69) is 20.9 Å². The monoisotopic (exact) mass is 504 g/mol. The van der Waals surface area contributed by atoms with E-state index in [0.29, 0.717) is 36.7 Å². The van der Waals surface area contributed by atoms with Crippen LogP contribution in [-0.2, 0) is 4.79 Å². The molecule has 0 atom stereocenters. The lowest BCUT2D eigenvalue weighted by atomic mass is 9.95. The molecule has 0 aliphatic heterocycles. The smallest absolute Gasteiger partial charge is 0.242 e. The highest BCUT2D eigenvalue weighted by Gasteiger charge is 2.15. The number of hydrogen-bond acceptors (Lipinski definition) is 4. The van der Waals surface area contributed by atoms with Crippen molar-refractivity contribution in [3.8, 4) is 11.5 Å². The zero-order valence-electron chi connectivity index (χ0n) is 17.0. The molecular formula is C20H33IN4O3. The molecule has 1 amide bonds. The van der Waals surface area contributed by atoms with Crippen molar-refractivity contribution in [3.05, 3.63) is 18.2 Å². The second-order valence-electron chi connectivity index (χ2n) is 6.52. The van der Waals surface area contributed by atoms with Gasteiger partial charge >= 0.3 is 0 Å². The Bertz CT molecular complexity index is 634. The predicted octanol–water partition coefficient (Wildman–Crippen LogP) is 3.54. The highest BCUT2D eigenvalue weighted by molar-refractivity contribution is 14.0. The standard InChI is InChI=1S/C20H32N4O3.HI/c1-4-21-20(22-14-19(25)23-15-9-7-6-8-10-15)24-16-11-12-17(26-3)18(13-16)27-5-2;/h11-13,15H,4-10,14H2,1-3H3,(H,23,25)(H2,21,22,24);1H. The average molecular weight is 504 g/mol. The molecule has 2 rings (SSSR count). The first kappa shape index (κ1) is 24.3. The van der Waals surface area contributed by atoms with Gasteiger partial charge in [-0.2, -0.15) is 0 Å². The van der Waals surface area contributed by atoms with E-state index in [1.54, 1.807) is 7.11 Å². The molecule has 0 saturated heterocycles. The summed E-state index contributed by atoms with van der Waals surface area (Å²) in [7, 11) is 1.61. The van der Waals surface area contributed by atoms with E-state index in [1.165, 1.54) is 19.3 Å². The van der Waals surface area contributed by atoms with Crippen LogP contribution >= 0.6 is 24.0 Å². The van der Waals surface area contributed by atoms with E-state index in [0.717, 1.165) is 18.5 Å². The minimum atomic E-state index is -0.0381. The number of aliphatic imine (C=N–C) groups is 1. The van der Waals surface area contributed by atoms with E-state index in [4.69, 9.17) is 9.47 Å². The van der Waals surface area contributed by atoms with E-state index < -0.39 is 0 Å². The van der Waals surface area contributed by atoms with Gasteiger partial charge in [0.15, 0.2) is 17.5 Å². The lowest BCUT2D eigenvalue weighted by molar-refractivity contribution is -0.120. The summed E-state index contributed by atoms with van der Waals surface area (Å²) < 4.78 is 10.9. The maximum Gasteiger partial charge on any atom is 0.242 e. The van der Waals surface area contributed by atoms with Crippen LogP contribution in [-0.4, -0.2) is 44.7 Å². The van der Waals surface area contributed by atoms with Crippen molar-refractivity contribution in [3.63, 3.8) is 0 Å². The molecule has 1 fully saturated rings. The van der Waals surface area contributed by atoms with Crippen molar-refractivity contribution in [1.82, 2.24) is 10.6 Å². The van der Waals surface area contributed by atoms with E-state index in [9.17, 15) is 4.79 Å². The van der Waals surface area contributed by atoms with Gasteiger partial charge in [0.25, 0.3) is 0 Å². The van der Waals surface area contributed by atoms with Gasteiger partial charge < -0.3 is 25.4 Å². The molecule has 0 spiro atoms. The number of ether oxygens (including phenoxy) is 2. The first-order valence-electron chi connectivity index (χ1n) is 9.81. The zero-order valence-corrected chi connectivity index (χ0v) is 19.4. The lowest BCUT2D eigenvalue weighted by Gasteiger charge is -2.22. The predicted molar refractivity (Wildman–Crippen MR) is 124 cm³/mol. The second-order valence-corrected chi connectivity index (χ2v) is 6.52.